The molecule has 0 N–H and O–H groups in total. The lowest BCUT2D eigenvalue weighted by molar-refractivity contribution is -0.143. The van der Waals surface area contributed by atoms with E-state index in [9.17, 15) is 4.79 Å². The Labute approximate surface area is 150 Å². The number of rotatable bonds is 4. The van der Waals surface area contributed by atoms with Crippen LogP contribution in [-0.2, 0) is 4.79 Å². The first-order valence-electron chi connectivity index (χ1n) is 9.82. The van der Waals surface area contributed by atoms with E-state index in [-0.39, 0.29) is 5.54 Å². The van der Waals surface area contributed by atoms with Gasteiger partial charge in [0.05, 0.1) is 5.54 Å². The number of nitrogens with zero attached hydrogens (tertiary/aromatic N) is 5. The van der Waals surface area contributed by atoms with Crippen LogP contribution in [-0.4, -0.2) is 70.5 Å². The molecule has 0 unspecified atom stereocenters. The van der Waals surface area contributed by atoms with E-state index in [0.29, 0.717) is 12.3 Å². The summed E-state index contributed by atoms with van der Waals surface area (Å²) in [5, 5.41) is 0. The highest BCUT2D eigenvalue weighted by atomic mass is 16.2. The van der Waals surface area contributed by atoms with Crippen LogP contribution in [0.4, 0.5) is 5.95 Å². The van der Waals surface area contributed by atoms with Crippen molar-refractivity contribution >= 4 is 11.9 Å². The number of anilines is 1. The quantitative estimate of drug-likeness (QED) is 0.836. The Balaban J connectivity index is 1.50. The van der Waals surface area contributed by atoms with Crippen molar-refractivity contribution in [1.29, 1.82) is 0 Å². The van der Waals surface area contributed by atoms with Gasteiger partial charge in [0.1, 0.15) is 0 Å². The van der Waals surface area contributed by atoms with Crippen molar-refractivity contribution < 1.29 is 4.79 Å². The topological polar surface area (TPSA) is 52.6 Å². The lowest BCUT2D eigenvalue weighted by atomic mass is 9.79. The summed E-state index contributed by atoms with van der Waals surface area (Å²) in [7, 11) is 0. The predicted molar refractivity (Wildman–Crippen MR) is 97.4 cm³/mol. The zero-order chi connectivity index (χ0) is 17.1. The van der Waals surface area contributed by atoms with Crippen LogP contribution in [0.25, 0.3) is 0 Å². The Hall–Kier alpha value is -1.69. The van der Waals surface area contributed by atoms with E-state index in [1.165, 1.54) is 25.9 Å². The summed E-state index contributed by atoms with van der Waals surface area (Å²) in [6.07, 6.45) is 11.3. The fourth-order valence-electron chi connectivity index (χ4n) is 4.87. The summed E-state index contributed by atoms with van der Waals surface area (Å²) < 4.78 is 0. The number of piperidine rings is 2. The second-order valence-corrected chi connectivity index (χ2v) is 7.75. The summed E-state index contributed by atoms with van der Waals surface area (Å²) in [6, 6.07) is 1.86. The van der Waals surface area contributed by atoms with Crippen molar-refractivity contribution in [2.75, 3.05) is 44.2 Å². The van der Waals surface area contributed by atoms with Gasteiger partial charge >= 0.3 is 0 Å². The minimum atomic E-state index is -0.0213. The Morgan fingerprint density at radius 3 is 2.52 bits per heavy atom. The fraction of sp³-hybridized carbons (Fsp3) is 0.737. The van der Waals surface area contributed by atoms with Gasteiger partial charge in [0.2, 0.25) is 11.9 Å². The van der Waals surface area contributed by atoms with Crippen molar-refractivity contribution in [1.82, 2.24) is 19.8 Å². The molecule has 25 heavy (non-hydrogen) atoms. The average Bonchev–Trinajstić information content (AvgIpc) is 3.16. The van der Waals surface area contributed by atoms with E-state index in [4.69, 9.17) is 0 Å². The Morgan fingerprint density at radius 1 is 0.960 bits per heavy atom. The largest absolute Gasteiger partial charge is 0.338 e. The maximum Gasteiger partial charge on any atom is 0.225 e. The van der Waals surface area contributed by atoms with Gasteiger partial charge in [0, 0.05) is 45.0 Å². The molecule has 4 heterocycles. The van der Waals surface area contributed by atoms with Crippen molar-refractivity contribution in [3.8, 4) is 0 Å². The van der Waals surface area contributed by atoms with Crippen LogP contribution >= 0.6 is 0 Å². The van der Waals surface area contributed by atoms with Crippen LogP contribution in [0.15, 0.2) is 18.5 Å². The highest BCUT2D eigenvalue weighted by molar-refractivity contribution is 5.78. The molecule has 3 aliphatic rings. The van der Waals surface area contributed by atoms with Crippen molar-refractivity contribution in [2.24, 2.45) is 0 Å². The van der Waals surface area contributed by atoms with Gasteiger partial charge in [-0.1, -0.05) is 0 Å². The summed E-state index contributed by atoms with van der Waals surface area (Å²) in [5.41, 5.74) is -0.0213. The molecule has 0 aromatic carbocycles. The zero-order valence-electron chi connectivity index (χ0n) is 15.1. The van der Waals surface area contributed by atoms with E-state index < -0.39 is 0 Å². The molecule has 136 valence electrons. The minimum absolute atomic E-state index is 0.0213. The molecular weight excluding hydrogens is 314 g/mol. The Morgan fingerprint density at radius 2 is 1.72 bits per heavy atom. The SMILES string of the molecule is O=C1CCC[C@@]2(CCCN(c3ncccn3)C2)N1CCN1CCCC1. The molecule has 1 aromatic rings. The molecular formula is C19H29N5O. The molecule has 1 spiro atoms. The van der Waals surface area contributed by atoms with E-state index in [2.05, 4.69) is 24.7 Å². The van der Waals surface area contributed by atoms with Crippen LogP contribution in [0, 0.1) is 0 Å². The fourth-order valence-corrected chi connectivity index (χ4v) is 4.87. The molecule has 0 radical (unpaired) electrons. The molecule has 0 saturated carbocycles. The van der Waals surface area contributed by atoms with Crippen LogP contribution in [0.2, 0.25) is 0 Å². The zero-order valence-corrected chi connectivity index (χ0v) is 15.1. The van der Waals surface area contributed by atoms with Gasteiger partial charge in [-0.3, -0.25) is 4.79 Å². The molecule has 4 rings (SSSR count). The van der Waals surface area contributed by atoms with Gasteiger partial charge < -0.3 is 14.7 Å². The summed E-state index contributed by atoms with van der Waals surface area (Å²) >= 11 is 0. The molecule has 0 bridgehead atoms. The van der Waals surface area contributed by atoms with Crippen LogP contribution in [0.1, 0.15) is 44.9 Å². The van der Waals surface area contributed by atoms with Crippen LogP contribution in [0.3, 0.4) is 0 Å². The Bertz CT molecular complexity index is 585. The molecule has 3 fully saturated rings. The maximum absolute atomic E-state index is 12.8. The van der Waals surface area contributed by atoms with Crippen molar-refractivity contribution in [3.05, 3.63) is 18.5 Å². The second-order valence-electron chi connectivity index (χ2n) is 7.75. The molecule has 3 saturated heterocycles. The van der Waals surface area contributed by atoms with Gasteiger partial charge in [-0.05, 0) is 57.7 Å². The summed E-state index contributed by atoms with van der Waals surface area (Å²) in [5.74, 6) is 1.15. The maximum atomic E-state index is 12.8. The number of carbonyl (C=O) groups is 1. The molecule has 1 aromatic heterocycles. The van der Waals surface area contributed by atoms with Crippen molar-refractivity contribution in [3.63, 3.8) is 0 Å². The molecule has 1 amide bonds. The predicted octanol–water partition coefficient (Wildman–Crippen LogP) is 1.92. The minimum Gasteiger partial charge on any atom is -0.338 e. The first-order valence-corrected chi connectivity index (χ1v) is 9.82. The lowest BCUT2D eigenvalue weighted by Gasteiger charge is -2.52. The van der Waals surface area contributed by atoms with Crippen LogP contribution < -0.4 is 4.90 Å². The normalized spacial score (nSPS) is 28.1. The van der Waals surface area contributed by atoms with E-state index >= 15 is 0 Å². The van der Waals surface area contributed by atoms with E-state index in [1.807, 2.05) is 6.07 Å². The number of carbonyl (C=O) groups excluding carboxylic acids is 1. The third-order valence-corrected chi connectivity index (χ3v) is 6.14. The third-order valence-electron chi connectivity index (χ3n) is 6.14. The monoisotopic (exact) mass is 343 g/mol. The average molecular weight is 343 g/mol. The molecule has 0 aliphatic carbocycles. The number of likely N-dealkylation sites (tertiary alicyclic amines) is 2. The number of amides is 1. The van der Waals surface area contributed by atoms with Gasteiger partial charge in [-0.15, -0.1) is 0 Å². The van der Waals surface area contributed by atoms with Gasteiger partial charge in [0.15, 0.2) is 0 Å². The van der Waals surface area contributed by atoms with E-state index in [1.54, 1.807) is 12.4 Å². The highest BCUT2D eigenvalue weighted by Gasteiger charge is 2.45. The number of aromatic nitrogens is 2. The number of hydrogen-bond donors (Lipinski definition) is 0. The molecule has 6 nitrogen and oxygen atoms in total. The first kappa shape index (κ1) is 16.8. The number of hydrogen-bond acceptors (Lipinski definition) is 5. The van der Waals surface area contributed by atoms with E-state index in [0.717, 1.165) is 57.8 Å². The van der Waals surface area contributed by atoms with Gasteiger partial charge in [0.25, 0.3) is 0 Å². The smallest absolute Gasteiger partial charge is 0.225 e. The van der Waals surface area contributed by atoms with Gasteiger partial charge in [-0.25, -0.2) is 9.97 Å². The second kappa shape index (κ2) is 7.28. The Kier molecular flexibility index (Phi) is 4.88. The molecule has 6 heteroatoms. The molecule has 3 aliphatic heterocycles. The van der Waals surface area contributed by atoms with Gasteiger partial charge in [-0.2, -0.15) is 0 Å². The summed E-state index contributed by atoms with van der Waals surface area (Å²) in [4.78, 5) is 28.7. The standard InChI is InChI=1S/C19H29N5O/c25-17-6-3-7-19(24(17)15-14-22-11-1-2-12-22)8-4-13-23(16-19)18-20-9-5-10-21-18/h5,9-10H,1-4,6-8,11-16H2/t19-/m0/s1. The highest BCUT2D eigenvalue weighted by Crippen LogP contribution is 2.37. The van der Waals surface area contributed by atoms with Crippen LogP contribution in [0.5, 0.6) is 0 Å². The lowest BCUT2D eigenvalue weighted by Crippen LogP contribution is -2.63. The first-order chi connectivity index (χ1) is 12.3. The van der Waals surface area contributed by atoms with Crippen molar-refractivity contribution in [2.45, 2.75) is 50.5 Å². The summed E-state index contributed by atoms with van der Waals surface area (Å²) in [6.45, 7) is 6.15. The third kappa shape index (κ3) is 3.50. The molecule has 1 atom stereocenters.